The molecular formula is C17H24F4IN3O. The van der Waals surface area contributed by atoms with E-state index in [2.05, 4.69) is 10.3 Å². The standard InChI is InChI=1S/C17H23F4N3O.HI/c1-3-22-16(24(2)10-12-6-7-25-11-12)23-9-13-4-5-14(18)8-15(13)17(19,20)21;/h4-5,8,12H,3,6-7,9-11H2,1-2H3,(H,22,23);1H. The Morgan fingerprint density at radius 3 is 2.69 bits per heavy atom. The number of halogens is 5. The van der Waals surface area contributed by atoms with Crippen molar-refractivity contribution in [3.05, 3.63) is 35.1 Å². The summed E-state index contributed by atoms with van der Waals surface area (Å²) in [5, 5.41) is 3.08. The molecule has 4 nitrogen and oxygen atoms in total. The number of nitrogens with one attached hydrogen (secondary N) is 1. The highest BCUT2D eigenvalue weighted by molar-refractivity contribution is 14.0. The third-order valence-electron chi connectivity index (χ3n) is 4.03. The van der Waals surface area contributed by atoms with Gasteiger partial charge in [-0.25, -0.2) is 9.38 Å². The molecule has 2 rings (SSSR count). The van der Waals surface area contributed by atoms with Crippen molar-refractivity contribution < 1.29 is 22.3 Å². The van der Waals surface area contributed by atoms with Gasteiger partial charge < -0.3 is 15.0 Å². The van der Waals surface area contributed by atoms with Gasteiger partial charge in [-0.15, -0.1) is 24.0 Å². The van der Waals surface area contributed by atoms with Crippen LogP contribution in [0.5, 0.6) is 0 Å². The summed E-state index contributed by atoms with van der Waals surface area (Å²) in [4.78, 5) is 6.19. The molecule has 0 amide bonds. The second-order valence-corrected chi connectivity index (χ2v) is 6.08. The summed E-state index contributed by atoms with van der Waals surface area (Å²) in [6.45, 7) is 4.43. The Morgan fingerprint density at radius 1 is 1.38 bits per heavy atom. The molecule has 1 N–H and O–H groups in total. The number of benzene rings is 1. The molecule has 1 aliphatic heterocycles. The lowest BCUT2D eigenvalue weighted by molar-refractivity contribution is -0.138. The molecule has 1 aromatic carbocycles. The van der Waals surface area contributed by atoms with Crippen molar-refractivity contribution in [3.8, 4) is 0 Å². The molecule has 1 aliphatic rings. The van der Waals surface area contributed by atoms with E-state index in [4.69, 9.17) is 4.74 Å². The fourth-order valence-corrected chi connectivity index (χ4v) is 2.78. The lowest BCUT2D eigenvalue weighted by Gasteiger charge is -2.24. The fraction of sp³-hybridized carbons (Fsp3) is 0.588. The third kappa shape index (κ3) is 6.57. The monoisotopic (exact) mass is 489 g/mol. The van der Waals surface area contributed by atoms with E-state index in [0.29, 0.717) is 37.6 Å². The summed E-state index contributed by atoms with van der Waals surface area (Å²) in [5.41, 5.74) is -1.04. The molecule has 0 radical (unpaired) electrons. The van der Waals surface area contributed by atoms with Crippen LogP contribution in [0.15, 0.2) is 23.2 Å². The summed E-state index contributed by atoms with van der Waals surface area (Å²) < 4.78 is 57.8. The van der Waals surface area contributed by atoms with Crippen LogP contribution < -0.4 is 5.32 Å². The molecule has 9 heteroatoms. The zero-order valence-corrected chi connectivity index (χ0v) is 17.1. The van der Waals surface area contributed by atoms with Crippen molar-refractivity contribution in [1.82, 2.24) is 10.2 Å². The van der Waals surface area contributed by atoms with Crippen LogP contribution in [0.1, 0.15) is 24.5 Å². The zero-order valence-electron chi connectivity index (χ0n) is 14.8. The maximum atomic E-state index is 13.2. The van der Waals surface area contributed by atoms with Gasteiger partial charge >= 0.3 is 6.18 Å². The quantitative estimate of drug-likeness (QED) is 0.295. The van der Waals surface area contributed by atoms with Gasteiger partial charge in [-0.3, -0.25) is 0 Å². The minimum atomic E-state index is -4.61. The average molecular weight is 489 g/mol. The predicted molar refractivity (Wildman–Crippen MR) is 103 cm³/mol. The second kappa shape index (κ2) is 10.3. The van der Waals surface area contributed by atoms with Crippen molar-refractivity contribution in [1.29, 1.82) is 0 Å². The van der Waals surface area contributed by atoms with Gasteiger partial charge in [0.25, 0.3) is 0 Å². The molecule has 1 heterocycles. The van der Waals surface area contributed by atoms with Crippen LogP contribution in [0.25, 0.3) is 0 Å². The SMILES string of the molecule is CCNC(=NCc1ccc(F)cc1C(F)(F)F)N(C)CC1CCOC1.I. The van der Waals surface area contributed by atoms with Crippen molar-refractivity contribution in [3.63, 3.8) is 0 Å². The Hall–Kier alpha value is -1.10. The van der Waals surface area contributed by atoms with E-state index >= 15 is 0 Å². The van der Waals surface area contributed by atoms with Crippen LogP contribution in [-0.4, -0.2) is 44.2 Å². The van der Waals surface area contributed by atoms with Crippen molar-refractivity contribution >= 4 is 29.9 Å². The number of ether oxygens (including phenoxy) is 1. The van der Waals surface area contributed by atoms with Crippen molar-refractivity contribution in [2.75, 3.05) is 33.4 Å². The Morgan fingerprint density at radius 2 is 2.12 bits per heavy atom. The van der Waals surface area contributed by atoms with Crippen LogP contribution in [0, 0.1) is 11.7 Å². The van der Waals surface area contributed by atoms with Gasteiger partial charge in [-0.1, -0.05) is 6.07 Å². The maximum absolute atomic E-state index is 13.2. The van der Waals surface area contributed by atoms with E-state index in [1.54, 1.807) is 0 Å². The predicted octanol–water partition coefficient (Wildman–Crippen LogP) is 3.90. The number of aliphatic imine (C=N–C) groups is 1. The van der Waals surface area contributed by atoms with Crippen LogP contribution in [0.3, 0.4) is 0 Å². The Balaban J connectivity index is 0.00000338. The van der Waals surface area contributed by atoms with Crippen LogP contribution in [0.4, 0.5) is 17.6 Å². The first-order chi connectivity index (χ1) is 11.8. The summed E-state index contributed by atoms with van der Waals surface area (Å²) in [7, 11) is 1.84. The van der Waals surface area contributed by atoms with E-state index in [1.165, 1.54) is 0 Å². The minimum absolute atomic E-state index is 0. The first-order valence-electron chi connectivity index (χ1n) is 8.24. The Kier molecular flexibility index (Phi) is 9.08. The molecule has 26 heavy (non-hydrogen) atoms. The smallest absolute Gasteiger partial charge is 0.381 e. The van der Waals surface area contributed by atoms with E-state index in [0.717, 1.165) is 25.2 Å². The first-order valence-corrected chi connectivity index (χ1v) is 8.24. The lowest BCUT2D eigenvalue weighted by Crippen LogP contribution is -2.41. The van der Waals surface area contributed by atoms with Crippen molar-refractivity contribution in [2.45, 2.75) is 26.1 Å². The van der Waals surface area contributed by atoms with Gasteiger partial charge in [0, 0.05) is 32.7 Å². The largest absolute Gasteiger partial charge is 0.416 e. The van der Waals surface area contributed by atoms with Gasteiger partial charge in [0.1, 0.15) is 5.82 Å². The van der Waals surface area contributed by atoms with E-state index in [9.17, 15) is 17.6 Å². The van der Waals surface area contributed by atoms with Gasteiger partial charge in [0.05, 0.1) is 18.7 Å². The number of alkyl halides is 3. The normalized spacial score (nSPS) is 17.8. The van der Waals surface area contributed by atoms with E-state index in [1.807, 2.05) is 18.9 Å². The molecule has 0 aromatic heterocycles. The molecular weight excluding hydrogens is 465 g/mol. The molecule has 1 saturated heterocycles. The number of nitrogens with zero attached hydrogens (tertiary/aromatic N) is 2. The van der Waals surface area contributed by atoms with Gasteiger partial charge in [-0.05, 0) is 31.0 Å². The zero-order chi connectivity index (χ0) is 18.4. The summed E-state index contributed by atoms with van der Waals surface area (Å²) in [5.74, 6) is -0.0115. The second-order valence-electron chi connectivity index (χ2n) is 6.08. The van der Waals surface area contributed by atoms with Crippen molar-refractivity contribution in [2.24, 2.45) is 10.9 Å². The average Bonchev–Trinajstić information content (AvgIpc) is 3.04. The molecule has 148 valence electrons. The summed E-state index contributed by atoms with van der Waals surface area (Å²) in [6, 6.07) is 2.67. The molecule has 1 fully saturated rings. The Bertz CT molecular complexity index is 604. The molecule has 1 unspecified atom stereocenters. The minimum Gasteiger partial charge on any atom is -0.381 e. The number of guanidine groups is 1. The topological polar surface area (TPSA) is 36.9 Å². The van der Waals surface area contributed by atoms with Gasteiger partial charge in [-0.2, -0.15) is 13.2 Å². The highest BCUT2D eigenvalue weighted by Gasteiger charge is 2.33. The van der Waals surface area contributed by atoms with E-state index in [-0.39, 0.29) is 36.1 Å². The van der Waals surface area contributed by atoms with Gasteiger partial charge in [0.2, 0.25) is 0 Å². The van der Waals surface area contributed by atoms with Crippen LogP contribution in [0.2, 0.25) is 0 Å². The third-order valence-corrected chi connectivity index (χ3v) is 4.03. The van der Waals surface area contributed by atoms with Crippen LogP contribution in [-0.2, 0) is 17.5 Å². The summed E-state index contributed by atoms with van der Waals surface area (Å²) >= 11 is 0. The number of hydrogen-bond donors (Lipinski definition) is 1. The highest BCUT2D eigenvalue weighted by atomic mass is 127. The number of rotatable bonds is 5. The molecule has 0 bridgehead atoms. The summed E-state index contributed by atoms with van der Waals surface area (Å²) in [6.07, 6.45) is -3.65. The highest BCUT2D eigenvalue weighted by Crippen LogP contribution is 2.32. The Labute approximate surface area is 168 Å². The molecule has 1 aromatic rings. The van der Waals surface area contributed by atoms with E-state index < -0.39 is 17.6 Å². The maximum Gasteiger partial charge on any atom is 0.416 e. The fourth-order valence-electron chi connectivity index (χ4n) is 2.78. The molecule has 0 saturated carbocycles. The molecule has 0 aliphatic carbocycles. The first kappa shape index (κ1) is 22.9. The molecule has 0 spiro atoms. The van der Waals surface area contributed by atoms with Gasteiger partial charge in [0.15, 0.2) is 5.96 Å². The lowest BCUT2D eigenvalue weighted by atomic mass is 10.1. The molecule has 1 atom stereocenters. The van der Waals surface area contributed by atoms with Crippen LogP contribution >= 0.6 is 24.0 Å². The number of hydrogen-bond acceptors (Lipinski definition) is 2.